The summed E-state index contributed by atoms with van der Waals surface area (Å²) >= 11 is 1.31. The van der Waals surface area contributed by atoms with Crippen LogP contribution in [0.25, 0.3) is 5.69 Å². The van der Waals surface area contributed by atoms with E-state index < -0.39 is 0 Å². The maximum absolute atomic E-state index is 12.4. The molecular weight excluding hydrogens is 412 g/mol. The summed E-state index contributed by atoms with van der Waals surface area (Å²) < 4.78 is 7.05. The van der Waals surface area contributed by atoms with E-state index in [9.17, 15) is 9.59 Å². The fourth-order valence-corrected chi connectivity index (χ4v) is 3.51. The highest BCUT2D eigenvalue weighted by Gasteiger charge is 2.12. The number of carbonyl (C=O) groups is 2. The van der Waals surface area contributed by atoms with Gasteiger partial charge in [-0.2, -0.15) is 0 Å². The zero-order chi connectivity index (χ0) is 22.2. The summed E-state index contributed by atoms with van der Waals surface area (Å²) in [6.45, 7) is 6.57. The Kier molecular flexibility index (Phi) is 7.83. The summed E-state index contributed by atoms with van der Waals surface area (Å²) in [6.07, 6.45) is 3.45. The highest BCUT2D eigenvalue weighted by Crippen LogP contribution is 2.21. The van der Waals surface area contributed by atoms with Crippen molar-refractivity contribution in [1.29, 1.82) is 0 Å². The number of aryl methyl sites for hydroxylation is 2. The monoisotopic (exact) mass is 438 g/mol. The molecule has 0 aliphatic heterocycles. The SMILES string of the molecule is CCCCOC(=O)c1ccc(NC(=O)CSc2nncn2-c2ccc(C)c(C)c2)cc1. The maximum Gasteiger partial charge on any atom is 0.338 e. The van der Waals surface area contributed by atoms with Gasteiger partial charge in [-0.15, -0.1) is 10.2 Å². The van der Waals surface area contributed by atoms with Crippen LogP contribution in [0.4, 0.5) is 5.69 Å². The number of rotatable bonds is 9. The third kappa shape index (κ3) is 6.18. The number of unbranched alkanes of at least 4 members (excludes halogenated alkanes) is 1. The molecule has 31 heavy (non-hydrogen) atoms. The number of aromatic nitrogens is 3. The molecule has 1 aromatic heterocycles. The third-order valence-corrected chi connectivity index (χ3v) is 5.70. The lowest BCUT2D eigenvalue weighted by molar-refractivity contribution is -0.113. The van der Waals surface area contributed by atoms with Gasteiger partial charge >= 0.3 is 5.97 Å². The van der Waals surface area contributed by atoms with Gasteiger partial charge in [-0.25, -0.2) is 4.79 Å². The van der Waals surface area contributed by atoms with E-state index in [-0.39, 0.29) is 17.6 Å². The molecule has 162 valence electrons. The lowest BCUT2D eigenvalue weighted by Crippen LogP contribution is -2.14. The molecule has 1 amide bonds. The molecule has 0 bridgehead atoms. The molecular formula is C23H26N4O3S. The molecule has 1 heterocycles. The van der Waals surface area contributed by atoms with Crippen molar-refractivity contribution in [2.45, 2.75) is 38.8 Å². The normalized spacial score (nSPS) is 10.7. The molecule has 0 saturated heterocycles. The van der Waals surface area contributed by atoms with Gasteiger partial charge in [0.15, 0.2) is 5.16 Å². The summed E-state index contributed by atoms with van der Waals surface area (Å²) in [6, 6.07) is 12.8. The molecule has 8 heteroatoms. The van der Waals surface area contributed by atoms with Crippen LogP contribution in [-0.4, -0.2) is 39.0 Å². The molecule has 7 nitrogen and oxygen atoms in total. The molecule has 0 atom stereocenters. The smallest absolute Gasteiger partial charge is 0.338 e. The van der Waals surface area contributed by atoms with Crippen LogP contribution in [0.2, 0.25) is 0 Å². The Morgan fingerprint density at radius 1 is 1.10 bits per heavy atom. The average molecular weight is 439 g/mol. The standard InChI is InChI=1S/C23H26N4O3S/c1-4-5-12-30-22(29)18-7-9-19(10-8-18)25-21(28)14-31-23-26-24-15-27(23)20-11-6-16(2)17(3)13-20/h6-11,13,15H,4-5,12,14H2,1-3H3,(H,25,28). The Bertz CT molecular complexity index is 1050. The molecule has 0 saturated carbocycles. The van der Waals surface area contributed by atoms with Crippen molar-refractivity contribution in [2.24, 2.45) is 0 Å². The molecule has 3 aromatic rings. The van der Waals surface area contributed by atoms with Crippen molar-refractivity contribution in [3.8, 4) is 5.69 Å². The van der Waals surface area contributed by atoms with E-state index in [1.54, 1.807) is 30.6 Å². The minimum atomic E-state index is -0.354. The largest absolute Gasteiger partial charge is 0.462 e. The topological polar surface area (TPSA) is 86.1 Å². The van der Waals surface area contributed by atoms with Crippen molar-refractivity contribution in [3.63, 3.8) is 0 Å². The maximum atomic E-state index is 12.4. The van der Waals surface area contributed by atoms with Gasteiger partial charge in [-0.3, -0.25) is 9.36 Å². The number of esters is 1. The first-order valence-corrected chi connectivity index (χ1v) is 11.1. The first-order chi connectivity index (χ1) is 15.0. The average Bonchev–Trinajstić information content (AvgIpc) is 3.23. The number of ether oxygens (including phenoxy) is 1. The second-order valence-corrected chi connectivity index (χ2v) is 8.10. The Labute approximate surface area is 186 Å². The van der Waals surface area contributed by atoms with Crippen LogP contribution in [0.3, 0.4) is 0 Å². The number of anilines is 1. The van der Waals surface area contributed by atoms with Gasteiger partial charge in [0, 0.05) is 11.4 Å². The van der Waals surface area contributed by atoms with Gasteiger partial charge in [0.1, 0.15) is 6.33 Å². The summed E-state index contributed by atoms with van der Waals surface area (Å²) in [7, 11) is 0. The summed E-state index contributed by atoms with van der Waals surface area (Å²) in [5.74, 6) is -0.338. The molecule has 0 unspecified atom stereocenters. The number of amides is 1. The summed E-state index contributed by atoms with van der Waals surface area (Å²) in [4.78, 5) is 24.3. The van der Waals surface area contributed by atoms with Crippen LogP contribution >= 0.6 is 11.8 Å². The van der Waals surface area contributed by atoms with Crippen LogP contribution < -0.4 is 5.32 Å². The van der Waals surface area contributed by atoms with E-state index in [1.807, 2.05) is 17.6 Å². The van der Waals surface area contributed by atoms with Crippen molar-refractivity contribution < 1.29 is 14.3 Å². The predicted octanol–water partition coefficient (Wildman–Crippen LogP) is 4.57. The van der Waals surface area contributed by atoms with Crippen LogP contribution in [-0.2, 0) is 9.53 Å². The van der Waals surface area contributed by atoms with E-state index >= 15 is 0 Å². The lowest BCUT2D eigenvalue weighted by atomic mass is 10.1. The molecule has 0 aliphatic rings. The first kappa shape index (κ1) is 22.6. The number of benzene rings is 2. The van der Waals surface area contributed by atoms with Gasteiger partial charge in [0.05, 0.1) is 17.9 Å². The molecule has 1 N–H and O–H groups in total. The highest BCUT2D eigenvalue weighted by atomic mass is 32.2. The molecule has 0 aliphatic carbocycles. The molecule has 3 rings (SSSR count). The van der Waals surface area contributed by atoms with E-state index in [1.165, 1.54) is 22.9 Å². The van der Waals surface area contributed by atoms with Crippen molar-refractivity contribution in [2.75, 3.05) is 17.7 Å². The fraction of sp³-hybridized carbons (Fsp3) is 0.304. The van der Waals surface area contributed by atoms with Gasteiger partial charge in [0.25, 0.3) is 0 Å². The predicted molar refractivity (Wildman–Crippen MR) is 122 cm³/mol. The number of nitrogens with zero attached hydrogens (tertiary/aromatic N) is 3. The number of hydrogen-bond donors (Lipinski definition) is 1. The van der Waals surface area contributed by atoms with Crippen LogP contribution in [0.5, 0.6) is 0 Å². The fourth-order valence-electron chi connectivity index (χ4n) is 2.78. The minimum Gasteiger partial charge on any atom is -0.462 e. The Hall–Kier alpha value is -3.13. The van der Waals surface area contributed by atoms with E-state index in [2.05, 4.69) is 41.5 Å². The van der Waals surface area contributed by atoms with Crippen LogP contribution in [0, 0.1) is 13.8 Å². The van der Waals surface area contributed by atoms with Gasteiger partial charge in [0.2, 0.25) is 5.91 Å². The van der Waals surface area contributed by atoms with Gasteiger partial charge in [-0.1, -0.05) is 31.2 Å². The second-order valence-electron chi connectivity index (χ2n) is 7.16. The number of carbonyl (C=O) groups excluding carboxylic acids is 2. The number of thioether (sulfide) groups is 1. The van der Waals surface area contributed by atoms with Crippen LogP contribution in [0.15, 0.2) is 53.9 Å². The van der Waals surface area contributed by atoms with Crippen molar-refractivity contribution in [3.05, 3.63) is 65.5 Å². The Morgan fingerprint density at radius 2 is 1.87 bits per heavy atom. The second kappa shape index (κ2) is 10.8. The molecule has 0 spiro atoms. The highest BCUT2D eigenvalue weighted by molar-refractivity contribution is 7.99. The Balaban J connectivity index is 1.55. The van der Waals surface area contributed by atoms with Gasteiger partial charge in [-0.05, 0) is 67.8 Å². The van der Waals surface area contributed by atoms with E-state index in [4.69, 9.17) is 4.74 Å². The lowest BCUT2D eigenvalue weighted by Gasteiger charge is -2.09. The first-order valence-electron chi connectivity index (χ1n) is 10.2. The minimum absolute atomic E-state index is 0.169. The molecule has 0 radical (unpaired) electrons. The zero-order valence-corrected chi connectivity index (χ0v) is 18.7. The van der Waals surface area contributed by atoms with Gasteiger partial charge < -0.3 is 10.1 Å². The zero-order valence-electron chi connectivity index (χ0n) is 17.9. The van der Waals surface area contributed by atoms with E-state index in [0.29, 0.717) is 23.0 Å². The number of nitrogens with one attached hydrogen (secondary N) is 1. The number of hydrogen-bond acceptors (Lipinski definition) is 6. The summed E-state index contributed by atoms with van der Waals surface area (Å²) in [5.41, 5.74) is 4.43. The third-order valence-electron chi connectivity index (χ3n) is 4.75. The summed E-state index contributed by atoms with van der Waals surface area (Å²) in [5, 5.41) is 11.6. The quantitative estimate of drug-likeness (QED) is 0.299. The van der Waals surface area contributed by atoms with Crippen molar-refractivity contribution >= 4 is 29.3 Å². The Morgan fingerprint density at radius 3 is 2.58 bits per heavy atom. The van der Waals surface area contributed by atoms with Crippen LogP contribution in [0.1, 0.15) is 41.3 Å². The molecule has 2 aromatic carbocycles. The van der Waals surface area contributed by atoms with Crippen molar-refractivity contribution in [1.82, 2.24) is 14.8 Å². The van der Waals surface area contributed by atoms with E-state index in [0.717, 1.165) is 18.5 Å². The molecule has 0 fully saturated rings.